The van der Waals surface area contributed by atoms with E-state index in [2.05, 4.69) is 37.3 Å². The van der Waals surface area contributed by atoms with E-state index in [0.29, 0.717) is 11.6 Å². The van der Waals surface area contributed by atoms with Gasteiger partial charge in [0.25, 0.3) is 0 Å². The van der Waals surface area contributed by atoms with Gasteiger partial charge in [-0.3, -0.25) is 10.9 Å². The van der Waals surface area contributed by atoms with Crippen LogP contribution in [-0.2, 0) is 0 Å². The minimum Gasteiger partial charge on any atom is -0.384 e. The van der Waals surface area contributed by atoms with E-state index in [-0.39, 0.29) is 0 Å². The Kier molecular flexibility index (Phi) is 1.36. The van der Waals surface area contributed by atoms with Gasteiger partial charge in [-0.25, -0.2) is 4.98 Å². The first kappa shape index (κ1) is 6.68. The van der Waals surface area contributed by atoms with Gasteiger partial charge in [-0.2, -0.15) is 0 Å². The van der Waals surface area contributed by atoms with Crippen molar-refractivity contribution in [1.82, 2.24) is 10.5 Å². The van der Waals surface area contributed by atoms with Crippen LogP contribution in [-0.4, -0.2) is 4.98 Å². The minimum atomic E-state index is 0.480. The molecule has 0 bridgehead atoms. The number of nitrogens with two attached hydrogens (primary N) is 1. The van der Waals surface area contributed by atoms with Gasteiger partial charge in [-0.05, 0) is 22.0 Å². The first-order valence-corrected chi connectivity index (χ1v) is 3.80. The summed E-state index contributed by atoms with van der Waals surface area (Å²) in [7, 11) is 0. The van der Waals surface area contributed by atoms with Crippen LogP contribution in [0.5, 0.6) is 0 Å². The maximum atomic E-state index is 5.50. The zero-order chi connectivity index (χ0) is 7.84. The summed E-state index contributed by atoms with van der Waals surface area (Å²) < 4.78 is 0.887. The number of aromatic nitrogens is 1. The molecule has 0 saturated carbocycles. The molecule has 2 rings (SSSR count). The lowest BCUT2D eigenvalue weighted by Gasteiger charge is -1.99. The highest BCUT2D eigenvalue weighted by Crippen LogP contribution is 2.31. The largest absolute Gasteiger partial charge is 0.384 e. The molecule has 0 radical (unpaired) electrons. The van der Waals surface area contributed by atoms with E-state index < -0.39 is 0 Å². The summed E-state index contributed by atoms with van der Waals surface area (Å²) in [5.41, 5.74) is 14.7. The molecule has 0 aliphatic carbocycles. The van der Waals surface area contributed by atoms with Gasteiger partial charge >= 0.3 is 0 Å². The summed E-state index contributed by atoms with van der Waals surface area (Å²) in [6.07, 6.45) is 0. The highest BCUT2D eigenvalue weighted by Gasteiger charge is 2.13. The molecule has 58 valence electrons. The summed E-state index contributed by atoms with van der Waals surface area (Å²) in [5.74, 6) is 1.19. The fourth-order valence-electron chi connectivity index (χ4n) is 0.895. The van der Waals surface area contributed by atoms with Crippen molar-refractivity contribution >= 4 is 33.3 Å². The second-order valence-electron chi connectivity index (χ2n) is 2.13. The number of nitrogens with one attached hydrogen (secondary N) is 3. The lowest BCUT2D eigenvalue weighted by molar-refractivity contribution is 0.999. The Bertz CT molecular complexity index is 299. The quantitative estimate of drug-likeness (QED) is 0.513. The highest BCUT2D eigenvalue weighted by molar-refractivity contribution is 9.10. The van der Waals surface area contributed by atoms with E-state index in [0.717, 1.165) is 10.2 Å². The third kappa shape index (κ3) is 0.997. The van der Waals surface area contributed by atoms with Gasteiger partial charge in [0, 0.05) is 4.47 Å². The number of hydrazine groups is 2. The number of rotatable bonds is 0. The molecule has 1 aliphatic heterocycles. The third-order valence-corrected chi connectivity index (χ3v) is 1.98. The fourth-order valence-corrected chi connectivity index (χ4v) is 1.42. The molecule has 1 aromatic heterocycles. The van der Waals surface area contributed by atoms with Crippen LogP contribution in [0.4, 0.5) is 17.3 Å². The van der Waals surface area contributed by atoms with Crippen LogP contribution in [0.3, 0.4) is 0 Å². The molecule has 5 N–H and O–H groups in total. The normalized spacial score (nSPS) is 13.5. The van der Waals surface area contributed by atoms with E-state index in [1.54, 1.807) is 6.07 Å². The second-order valence-corrected chi connectivity index (χ2v) is 2.98. The summed E-state index contributed by atoms with van der Waals surface area (Å²) in [6, 6.07) is 1.74. The Morgan fingerprint density at radius 3 is 3.09 bits per heavy atom. The Labute approximate surface area is 71.4 Å². The Morgan fingerprint density at radius 2 is 2.27 bits per heavy atom. The fraction of sp³-hybridized carbons (Fsp3) is 0. The number of hydrogen-bond donors (Lipinski definition) is 4. The first-order chi connectivity index (χ1) is 5.27. The number of fused-ring (bicyclic) bond motifs is 1. The second kappa shape index (κ2) is 2.24. The van der Waals surface area contributed by atoms with Crippen LogP contribution in [0.15, 0.2) is 10.5 Å². The molecule has 0 atom stereocenters. The van der Waals surface area contributed by atoms with Crippen LogP contribution in [0.1, 0.15) is 0 Å². The Morgan fingerprint density at radius 1 is 1.45 bits per heavy atom. The first-order valence-electron chi connectivity index (χ1n) is 3.00. The number of anilines is 3. The lowest BCUT2D eigenvalue weighted by atomic mass is 10.4. The molecule has 0 fully saturated rings. The smallest absolute Gasteiger partial charge is 0.170 e. The van der Waals surface area contributed by atoms with Crippen molar-refractivity contribution in [2.75, 3.05) is 16.6 Å². The van der Waals surface area contributed by atoms with Crippen LogP contribution < -0.4 is 22.1 Å². The molecule has 2 heterocycles. The highest BCUT2D eigenvalue weighted by atomic mass is 79.9. The summed E-state index contributed by atoms with van der Waals surface area (Å²) in [5, 5.41) is 0. The maximum Gasteiger partial charge on any atom is 0.170 e. The SMILES string of the molecule is Nc1cc(Br)c2c(n1)NNN2. The summed E-state index contributed by atoms with van der Waals surface area (Å²) in [4.78, 5) is 4.03. The molecule has 0 spiro atoms. The summed E-state index contributed by atoms with van der Waals surface area (Å²) in [6.45, 7) is 0. The standard InChI is InChI=1S/C5H6BrN5/c6-2-1-3(7)8-5-4(2)9-11-10-5/h1,9,11H,(H3,7,8,10). The van der Waals surface area contributed by atoms with Crippen LogP contribution >= 0.6 is 15.9 Å². The average Bonchev–Trinajstić information content (AvgIpc) is 2.34. The van der Waals surface area contributed by atoms with E-state index in [1.807, 2.05) is 0 Å². The average molecular weight is 216 g/mol. The number of hydrogen-bond acceptors (Lipinski definition) is 5. The molecule has 5 nitrogen and oxygen atoms in total. The molecule has 1 aliphatic rings. The zero-order valence-electron chi connectivity index (χ0n) is 5.48. The molecule has 1 aromatic rings. The van der Waals surface area contributed by atoms with E-state index in [4.69, 9.17) is 5.73 Å². The molecular weight excluding hydrogens is 210 g/mol. The van der Waals surface area contributed by atoms with Crippen molar-refractivity contribution in [3.05, 3.63) is 10.5 Å². The Balaban J connectivity index is 2.60. The van der Waals surface area contributed by atoms with Crippen LogP contribution in [0, 0.1) is 0 Å². The molecule has 0 amide bonds. The van der Waals surface area contributed by atoms with Crippen molar-refractivity contribution in [1.29, 1.82) is 0 Å². The van der Waals surface area contributed by atoms with E-state index in [9.17, 15) is 0 Å². The predicted octanol–water partition coefficient (Wildman–Crippen LogP) is 0.683. The van der Waals surface area contributed by atoms with Gasteiger partial charge in [0.15, 0.2) is 5.82 Å². The topological polar surface area (TPSA) is 75.0 Å². The van der Waals surface area contributed by atoms with Crippen LogP contribution in [0.2, 0.25) is 0 Å². The van der Waals surface area contributed by atoms with Gasteiger partial charge in [0.1, 0.15) is 11.5 Å². The van der Waals surface area contributed by atoms with Gasteiger partial charge < -0.3 is 5.73 Å². The lowest BCUT2D eigenvalue weighted by Crippen LogP contribution is -2.19. The van der Waals surface area contributed by atoms with Crippen molar-refractivity contribution in [3.63, 3.8) is 0 Å². The van der Waals surface area contributed by atoms with Crippen molar-refractivity contribution in [2.45, 2.75) is 0 Å². The molecule has 0 saturated heterocycles. The molecule has 0 unspecified atom stereocenters. The predicted molar refractivity (Wildman–Crippen MR) is 46.7 cm³/mol. The number of pyridine rings is 1. The summed E-state index contributed by atoms with van der Waals surface area (Å²) >= 11 is 3.34. The van der Waals surface area contributed by atoms with Gasteiger partial charge in [-0.15, -0.1) is 5.53 Å². The van der Waals surface area contributed by atoms with Gasteiger partial charge in [0.05, 0.1) is 0 Å². The van der Waals surface area contributed by atoms with E-state index >= 15 is 0 Å². The van der Waals surface area contributed by atoms with Crippen molar-refractivity contribution in [3.8, 4) is 0 Å². The molecular formula is C5H6BrN5. The Hall–Kier alpha value is -1.01. The van der Waals surface area contributed by atoms with E-state index in [1.165, 1.54) is 0 Å². The number of nitrogens with zero attached hydrogens (tertiary/aromatic N) is 1. The van der Waals surface area contributed by atoms with Crippen LogP contribution in [0.25, 0.3) is 0 Å². The molecule has 11 heavy (non-hydrogen) atoms. The molecule has 6 heteroatoms. The third-order valence-electron chi connectivity index (χ3n) is 1.36. The minimum absolute atomic E-state index is 0.480. The number of nitrogen functional groups attached to an aromatic ring is 1. The zero-order valence-corrected chi connectivity index (χ0v) is 7.07. The number of halogens is 1. The van der Waals surface area contributed by atoms with Gasteiger partial charge in [-0.1, -0.05) is 0 Å². The van der Waals surface area contributed by atoms with Gasteiger partial charge in [0.2, 0.25) is 0 Å². The molecule has 0 aromatic carbocycles. The maximum absolute atomic E-state index is 5.50. The van der Waals surface area contributed by atoms with Crippen molar-refractivity contribution in [2.24, 2.45) is 0 Å². The monoisotopic (exact) mass is 215 g/mol. The van der Waals surface area contributed by atoms with Crippen molar-refractivity contribution < 1.29 is 0 Å².